The zero-order valence-corrected chi connectivity index (χ0v) is 22.0. The average molecular weight is 536 g/mol. The van der Waals surface area contributed by atoms with E-state index in [1.165, 1.54) is 38.4 Å². The van der Waals surface area contributed by atoms with Gasteiger partial charge in [-0.25, -0.2) is 5.43 Å². The van der Waals surface area contributed by atoms with Gasteiger partial charge in [-0.2, -0.15) is 5.10 Å². The number of hydrazone groups is 1. The van der Waals surface area contributed by atoms with Crippen LogP contribution >= 0.6 is 11.6 Å². The van der Waals surface area contributed by atoms with Crippen LogP contribution in [0.2, 0.25) is 5.02 Å². The highest BCUT2D eigenvalue weighted by Crippen LogP contribution is 2.34. The molecule has 2 aromatic carbocycles. The van der Waals surface area contributed by atoms with Gasteiger partial charge in [0.1, 0.15) is 18.1 Å². The van der Waals surface area contributed by atoms with Crippen molar-refractivity contribution in [1.29, 1.82) is 0 Å². The SMILES string of the molecule is COc1cc(Cl)cc(C=NNC(=O)c2ccc(COc3ccc(-n4c(C)ccc4C)cc3)o2)c1OC(C)=O. The summed E-state index contributed by atoms with van der Waals surface area (Å²) in [5.41, 5.74) is 6.06. The van der Waals surface area contributed by atoms with Gasteiger partial charge in [0.15, 0.2) is 17.3 Å². The molecule has 0 saturated carbocycles. The van der Waals surface area contributed by atoms with Gasteiger partial charge in [0.25, 0.3) is 0 Å². The Balaban J connectivity index is 1.36. The number of amides is 1. The summed E-state index contributed by atoms with van der Waals surface area (Å²) >= 11 is 6.10. The lowest BCUT2D eigenvalue weighted by molar-refractivity contribution is -0.132. The maximum absolute atomic E-state index is 12.5. The number of methoxy groups -OCH3 is 1. The molecule has 0 aliphatic carbocycles. The number of carbonyl (C=O) groups is 2. The van der Waals surface area contributed by atoms with Gasteiger partial charge in [-0.05, 0) is 68.4 Å². The molecule has 0 saturated heterocycles. The smallest absolute Gasteiger partial charge is 0.308 e. The van der Waals surface area contributed by atoms with Gasteiger partial charge in [-0.1, -0.05) is 11.6 Å². The minimum atomic E-state index is -0.572. The number of carbonyl (C=O) groups excluding carboxylic acids is 2. The average Bonchev–Trinajstić information content (AvgIpc) is 3.50. The van der Waals surface area contributed by atoms with Gasteiger partial charge in [0, 0.05) is 40.7 Å². The Labute approximate surface area is 224 Å². The number of nitrogens with zero attached hydrogens (tertiary/aromatic N) is 2. The van der Waals surface area contributed by atoms with E-state index in [0.29, 0.717) is 22.1 Å². The number of benzene rings is 2. The van der Waals surface area contributed by atoms with Crippen LogP contribution in [0.1, 0.15) is 40.2 Å². The van der Waals surface area contributed by atoms with Gasteiger partial charge < -0.3 is 23.2 Å². The van der Waals surface area contributed by atoms with E-state index in [1.54, 1.807) is 6.07 Å². The monoisotopic (exact) mass is 535 g/mol. The summed E-state index contributed by atoms with van der Waals surface area (Å²) in [6, 6.07) is 18.1. The third-order valence-corrected chi connectivity index (χ3v) is 5.73. The molecule has 1 amide bonds. The Morgan fingerprint density at radius 2 is 1.76 bits per heavy atom. The fourth-order valence-corrected chi connectivity index (χ4v) is 4.02. The summed E-state index contributed by atoms with van der Waals surface area (Å²) in [5.74, 6) is 0.459. The van der Waals surface area contributed by atoms with Crippen molar-refractivity contribution in [1.82, 2.24) is 9.99 Å². The second-order valence-corrected chi connectivity index (χ2v) is 8.76. The highest BCUT2D eigenvalue weighted by Gasteiger charge is 2.15. The van der Waals surface area contributed by atoms with E-state index in [2.05, 4.69) is 41.1 Å². The highest BCUT2D eigenvalue weighted by molar-refractivity contribution is 6.31. The summed E-state index contributed by atoms with van der Waals surface area (Å²) in [6.07, 6.45) is 1.29. The molecule has 0 unspecified atom stereocenters. The van der Waals surface area contributed by atoms with E-state index in [-0.39, 0.29) is 23.9 Å². The van der Waals surface area contributed by atoms with Crippen LogP contribution in [-0.4, -0.2) is 29.8 Å². The quantitative estimate of drug-likeness (QED) is 0.129. The van der Waals surface area contributed by atoms with Crippen molar-refractivity contribution in [2.75, 3.05) is 7.11 Å². The molecule has 38 heavy (non-hydrogen) atoms. The molecule has 0 radical (unpaired) electrons. The predicted octanol–water partition coefficient (Wildman–Crippen LogP) is 5.62. The van der Waals surface area contributed by atoms with Crippen LogP contribution in [0.4, 0.5) is 0 Å². The summed E-state index contributed by atoms with van der Waals surface area (Å²) in [6.45, 7) is 5.52. The number of hydrogen-bond donors (Lipinski definition) is 1. The number of aromatic nitrogens is 1. The Morgan fingerprint density at radius 1 is 1.05 bits per heavy atom. The standard InChI is InChI=1S/C28H26ClN3O6/c1-17-5-6-18(2)32(17)22-7-9-23(10-8-22)36-16-24-11-12-25(38-24)28(34)31-30-15-20-13-21(29)14-26(35-4)27(20)37-19(3)33/h5-15H,16H2,1-4H3,(H,31,34). The predicted molar refractivity (Wildman–Crippen MR) is 143 cm³/mol. The molecule has 4 aromatic rings. The summed E-state index contributed by atoms with van der Waals surface area (Å²) in [7, 11) is 1.42. The van der Waals surface area contributed by atoms with E-state index in [4.69, 9.17) is 30.2 Å². The molecule has 0 aliphatic rings. The molecule has 0 bridgehead atoms. The van der Waals surface area contributed by atoms with Gasteiger partial charge in [-0.3, -0.25) is 9.59 Å². The molecule has 2 heterocycles. The van der Waals surface area contributed by atoms with Crippen molar-refractivity contribution in [2.45, 2.75) is 27.4 Å². The molecule has 2 aromatic heterocycles. The first-order valence-electron chi connectivity index (χ1n) is 11.6. The summed E-state index contributed by atoms with van der Waals surface area (Å²) < 4.78 is 24.0. The third-order valence-electron chi connectivity index (χ3n) is 5.52. The van der Waals surface area contributed by atoms with Gasteiger partial charge in [-0.15, -0.1) is 0 Å². The third kappa shape index (κ3) is 6.24. The number of hydrogen-bond acceptors (Lipinski definition) is 7. The van der Waals surface area contributed by atoms with E-state index < -0.39 is 11.9 Å². The molecule has 0 atom stereocenters. The van der Waals surface area contributed by atoms with Crippen molar-refractivity contribution in [3.63, 3.8) is 0 Å². The lowest BCUT2D eigenvalue weighted by atomic mass is 10.2. The van der Waals surface area contributed by atoms with Crippen LogP contribution in [-0.2, 0) is 11.4 Å². The van der Waals surface area contributed by atoms with Crippen LogP contribution in [0.25, 0.3) is 5.69 Å². The van der Waals surface area contributed by atoms with E-state index in [9.17, 15) is 9.59 Å². The fourth-order valence-electron chi connectivity index (χ4n) is 3.80. The van der Waals surface area contributed by atoms with E-state index in [0.717, 1.165) is 17.1 Å². The van der Waals surface area contributed by atoms with Crippen molar-refractivity contribution < 1.29 is 28.2 Å². The first-order chi connectivity index (χ1) is 18.2. The molecule has 196 valence electrons. The molecular weight excluding hydrogens is 510 g/mol. The van der Waals surface area contributed by atoms with Crippen LogP contribution in [0.3, 0.4) is 0 Å². The second-order valence-electron chi connectivity index (χ2n) is 8.32. The maximum Gasteiger partial charge on any atom is 0.308 e. The lowest BCUT2D eigenvalue weighted by Gasteiger charge is -2.11. The van der Waals surface area contributed by atoms with Crippen LogP contribution < -0.4 is 19.6 Å². The fraction of sp³-hybridized carbons (Fsp3) is 0.179. The molecule has 0 spiro atoms. The summed E-state index contributed by atoms with van der Waals surface area (Å²) in [4.78, 5) is 24.0. The topological polar surface area (TPSA) is 104 Å². The first kappa shape index (κ1) is 26.6. The van der Waals surface area contributed by atoms with Crippen LogP contribution in [0.15, 0.2) is 70.2 Å². The molecule has 0 fully saturated rings. The number of ether oxygens (including phenoxy) is 3. The Morgan fingerprint density at radius 3 is 2.42 bits per heavy atom. The van der Waals surface area contributed by atoms with Crippen molar-refractivity contribution >= 4 is 29.7 Å². The van der Waals surface area contributed by atoms with Gasteiger partial charge in [0.2, 0.25) is 0 Å². The molecule has 9 nitrogen and oxygen atoms in total. The lowest BCUT2D eigenvalue weighted by Crippen LogP contribution is -2.17. The highest BCUT2D eigenvalue weighted by atomic mass is 35.5. The Kier molecular flexibility index (Phi) is 8.18. The number of halogens is 1. The van der Waals surface area contributed by atoms with E-state index >= 15 is 0 Å². The number of nitrogens with one attached hydrogen (secondary N) is 1. The maximum atomic E-state index is 12.5. The zero-order chi connectivity index (χ0) is 27.2. The number of furan rings is 1. The van der Waals surface area contributed by atoms with Gasteiger partial charge in [0.05, 0.1) is 13.3 Å². The van der Waals surface area contributed by atoms with Crippen molar-refractivity contribution in [3.8, 4) is 22.9 Å². The minimum Gasteiger partial charge on any atom is -0.493 e. The Bertz CT molecular complexity index is 1470. The Hall–Kier alpha value is -4.50. The molecular formula is C28H26ClN3O6. The minimum absolute atomic E-state index is 0.0542. The molecule has 4 rings (SSSR count). The van der Waals surface area contributed by atoms with Crippen LogP contribution in [0.5, 0.6) is 17.2 Å². The summed E-state index contributed by atoms with van der Waals surface area (Å²) in [5, 5.41) is 4.26. The second kappa shape index (κ2) is 11.7. The van der Waals surface area contributed by atoms with Crippen molar-refractivity contribution in [2.24, 2.45) is 5.10 Å². The van der Waals surface area contributed by atoms with Crippen molar-refractivity contribution in [3.05, 3.63) is 94.2 Å². The number of esters is 1. The molecule has 1 N–H and O–H groups in total. The largest absolute Gasteiger partial charge is 0.493 e. The number of rotatable bonds is 9. The first-order valence-corrected chi connectivity index (χ1v) is 12.0. The van der Waals surface area contributed by atoms with Gasteiger partial charge >= 0.3 is 11.9 Å². The van der Waals surface area contributed by atoms with Crippen LogP contribution in [0, 0.1) is 13.8 Å². The zero-order valence-electron chi connectivity index (χ0n) is 21.3. The number of aryl methyl sites for hydroxylation is 2. The normalized spacial score (nSPS) is 11.0. The van der Waals surface area contributed by atoms with E-state index in [1.807, 2.05) is 24.3 Å². The molecule has 10 heteroatoms. The molecule has 0 aliphatic heterocycles.